The summed E-state index contributed by atoms with van der Waals surface area (Å²) in [4.78, 5) is 13.2. The summed E-state index contributed by atoms with van der Waals surface area (Å²) in [5.41, 5.74) is 2.23. The first kappa shape index (κ1) is 18.2. The molecule has 0 amide bonds. The normalized spacial score (nSPS) is 15.6. The van der Waals surface area contributed by atoms with Crippen LogP contribution in [0, 0.1) is 3.57 Å². The van der Waals surface area contributed by atoms with E-state index >= 15 is 0 Å². The average molecular weight is 468 g/mol. The molecule has 0 heterocycles. The maximum Gasteiger partial charge on any atom is 0.339 e. The lowest BCUT2D eigenvalue weighted by atomic mass is 9.91. The highest BCUT2D eigenvalue weighted by molar-refractivity contribution is 14.1. The van der Waals surface area contributed by atoms with Crippen molar-refractivity contribution in [3.05, 3.63) is 87.5 Å². The van der Waals surface area contributed by atoms with Gasteiger partial charge in [0.05, 0.1) is 5.56 Å². The van der Waals surface area contributed by atoms with Gasteiger partial charge in [-0.2, -0.15) is 0 Å². The molecule has 136 valence electrons. The summed E-state index contributed by atoms with van der Waals surface area (Å²) in [6, 6.07) is 20.1. The van der Waals surface area contributed by atoms with E-state index in [4.69, 9.17) is 4.74 Å². The van der Waals surface area contributed by atoms with Crippen molar-refractivity contribution in [2.75, 3.05) is 0 Å². The number of rotatable bonds is 4. The lowest BCUT2D eigenvalue weighted by Crippen LogP contribution is -2.29. The molecule has 0 unspecified atom stereocenters. The van der Waals surface area contributed by atoms with Crippen molar-refractivity contribution in [2.45, 2.75) is 31.3 Å². The fraction of sp³-hybridized carbons (Fsp3) is 0.208. The average Bonchev–Trinajstić information content (AvgIpc) is 3.17. The van der Waals surface area contributed by atoms with Crippen LogP contribution >= 0.6 is 22.6 Å². The lowest BCUT2D eigenvalue weighted by molar-refractivity contribution is -0.0181. The molecule has 1 fully saturated rings. The minimum absolute atomic E-state index is 0.248. The number of hydrogen-bond acceptors (Lipinski definition) is 2. The Morgan fingerprint density at radius 2 is 1.63 bits per heavy atom. The van der Waals surface area contributed by atoms with Crippen molar-refractivity contribution in [3.8, 4) is 0 Å². The zero-order chi connectivity index (χ0) is 18.9. The van der Waals surface area contributed by atoms with Gasteiger partial charge in [0, 0.05) is 3.57 Å². The van der Waals surface area contributed by atoms with Gasteiger partial charge in [0.1, 0.15) is 5.60 Å². The Morgan fingerprint density at radius 1 is 0.963 bits per heavy atom. The van der Waals surface area contributed by atoms with Gasteiger partial charge >= 0.3 is 5.97 Å². The molecule has 3 heteroatoms. The highest BCUT2D eigenvalue weighted by Gasteiger charge is 2.39. The van der Waals surface area contributed by atoms with Gasteiger partial charge in [-0.3, -0.25) is 0 Å². The molecule has 4 rings (SSSR count). The van der Waals surface area contributed by atoms with E-state index in [0.29, 0.717) is 5.56 Å². The van der Waals surface area contributed by atoms with Crippen LogP contribution in [0.2, 0.25) is 0 Å². The molecule has 0 spiro atoms. The number of carbonyl (C=O) groups excluding carboxylic acids is 1. The summed E-state index contributed by atoms with van der Waals surface area (Å²) in [5.74, 6) is -0.248. The first-order valence-corrected chi connectivity index (χ1v) is 10.3. The quantitative estimate of drug-likeness (QED) is 0.314. The van der Waals surface area contributed by atoms with Crippen LogP contribution < -0.4 is 0 Å². The standard InChI is InChI=1S/C24H21IO2/c1-2-17-7-5-9-21-20(17)8-6-10-22(21)23(26)27-24(15-3-4-16-24)18-11-13-19(25)14-12-18/h2,5-14H,1,3-4,15-16H2. The monoisotopic (exact) mass is 468 g/mol. The number of benzene rings is 3. The molecule has 0 aliphatic heterocycles. The molecule has 0 aromatic heterocycles. The van der Waals surface area contributed by atoms with Gasteiger partial charge < -0.3 is 4.74 Å². The van der Waals surface area contributed by atoms with Crippen LogP contribution in [0.5, 0.6) is 0 Å². The molecule has 1 aliphatic rings. The van der Waals surface area contributed by atoms with E-state index in [9.17, 15) is 4.79 Å². The van der Waals surface area contributed by atoms with E-state index < -0.39 is 5.60 Å². The van der Waals surface area contributed by atoms with Crippen LogP contribution in [-0.4, -0.2) is 5.97 Å². The fourth-order valence-electron chi connectivity index (χ4n) is 4.07. The Hall–Kier alpha value is -2.14. The maximum atomic E-state index is 13.2. The first-order chi connectivity index (χ1) is 13.1. The first-order valence-electron chi connectivity index (χ1n) is 9.26. The van der Waals surface area contributed by atoms with E-state index in [0.717, 1.165) is 47.6 Å². The predicted molar refractivity (Wildman–Crippen MR) is 119 cm³/mol. The molecule has 0 saturated heterocycles. The Kier molecular flexibility index (Phi) is 5.04. The molecule has 27 heavy (non-hydrogen) atoms. The van der Waals surface area contributed by atoms with E-state index in [1.165, 1.54) is 3.57 Å². The van der Waals surface area contributed by atoms with E-state index in [1.807, 2.05) is 42.5 Å². The van der Waals surface area contributed by atoms with Gasteiger partial charge in [-0.25, -0.2) is 4.79 Å². The maximum absolute atomic E-state index is 13.2. The third-order valence-corrected chi connectivity index (χ3v) is 6.18. The third-order valence-electron chi connectivity index (χ3n) is 5.47. The van der Waals surface area contributed by atoms with E-state index in [2.05, 4.69) is 53.4 Å². The number of ether oxygens (including phenoxy) is 1. The van der Waals surface area contributed by atoms with Crippen molar-refractivity contribution in [1.29, 1.82) is 0 Å². The fourth-order valence-corrected chi connectivity index (χ4v) is 4.43. The Labute approximate surface area is 173 Å². The third kappa shape index (κ3) is 3.41. The summed E-state index contributed by atoms with van der Waals surface area (Å²) < 4.78 is 7.41. The Morgan fingerprint density at radius 3 is 2.33 bits per heavy atom. The summed E-state index contributed by atoms with van der Waals surface area (Å²) in [6.45, 7) is 3.88. The smallest absolute Gasteiger partial charge is 0.339 e. The highest BCUT2D eigenvalue weighted by Crippen LogP contribution is 2.43. The number of halogens is 1. The molecule has 1 aliphatic carbocycles. The van der Waals surface area contributed by atoms with Crippen LogP contribution in [0.3, 0.4) is 0 Å². The number of carbonyl (C=O) groups is 1. The topological polar surface area (TPSA) is 26.3 Å². The highest BCUT2D eigenvalue weighted by atomic mass is 127. The van der Waals surface area contributed by atoms with Gasteiger partial charge in [0.15, 0.2) is 0 Å². The number of esters is 1. The molecule has 0 N–H and O–H groups in total. The molecular formula is C24H21IO2. The second kappa shape index (κ2) is 7.47. The molecule has 3 aromatic carbocycles. The minimum atomic E-state index is -0.514. The van der Waals surface area contributed by atoms with Crippen molar-refractivity contribution in [2.24, 2.45) is 0 Å². The summed E-state index contributed by atoms with van der Waals surface area (Å²) >= 11 is 2.30. The van der Waals surface area contributed by atoms with Crippen molar-refractivity contribution >= 4 is 45.4 Å². The van der Waals surface area contributed by atoms with Crippen LogP contribution in [0.1, 0.15) is 47.2 Å². The molecule has 3 aromatic rings. The summed E-state index contributed by atoms with van der Waals surface area (Å²) in [5, 5.41) is 1.94. The Bertz CT molecular complexity index is 999. The molecule has 1 saturated carbocycles. The van der Waals surface area contributed by atoms with Crippen LogP contribution in [0.4, 0.5) is 0 Å². The molecular weight excluding hydrogens is 447 g/mol. The van der Waals surface area contributed by atoms with Gasteiger partial charge in [-0.15, -0.1) is 0 Å². The summed E-state index contributed by atoms with van der Waals surface area (Å²) in [7, 11) is 0. The van der Waals surface area contributed by atoms with Gasteiger partial charge in [-0.1, -0.05) is 55.1 Å². The molecule has 0 radical (unpaired) electrons. The predicted octanol–water partition coefficient (Wildman–Crippen LogP) is 6.71. The largest absolute Gasteiger partial charge is 0.451 e. The lowest BCUT2D eigenvalue weighted by Gasteiger charge is -2.30. The zero-order valence-corrected chi connectivity index (χ0v) is 17.2. The number of hydrogen-bond donors (Lipinski definition) is 0. The van der Waals surface area contributed by atoms with Crippen molar-refractivity contribution in [1.82, 2.24) is 0 Å². The van der Waals surface area contributed by atoms with Crippen molar-refractivity contribution in [3.63, 3.8) is 0 Å². The molecule has 2 nitrogen and oxygen atoms in total. The van der Waals surface area contributed by atoms with E-state index in [-0.39, 0.29) is 5.97 Å². The van der Waals surface area contributed by atoms with E-state index in [1.54, 1.807) is 0 Å². The number of fused-ring (bicyclic) bond motifs is 1. The van der Waals surface area contributed by atoms with Crippen LogP contribution in [0.15, 0.2) is 67.2 Å². The Balaban J connectivity index is 1.73. The van der Waals surface area contributed by atoms with Gasteiger partial charge in [-0.05, 0) is 88.4 Å². The van der Waals surface area contributed by atoms with Crippen molar-refractivity contribution < 1.29 is 9.53 Å². The zero-order valence-electron chi connectivity index (χ0n) is 15.1. The van der Waals surface area contributed by atoms with Gasteiger partial charge in [0.2, 0.25) is 0 Å². The molecule has 0 atom stereocenters. The molecule has 0 bridgehead atoms. The second-order valence-corrected chi connectivity index (χ2v) is 8.30. The summed E-state index contributed by atoms with van der Waals surface area (Å²) in [6.07, 6.45) is 5.73. The van der Waals surface area contributed by atoms with Gasteiger partial charge in [0.25, 0.3) is 0 Å². The van der Waals surface area contributed by atoms with Crippen LogP contribution in [0.25, 0.3) is 16.8 Å². The minimum Gasteiger partial charge on any atom is -0.451 e. The van der Waals surface area contributed by atoms with Crippen LogP contribution in [-0.2, 0) is 10.3 Å². The SMILES string of the molecule is C=Cc1cccc2c(C(=O)OC3(c4ccc(I)cc4)CCCC3)cccc12. The second-order valence-electron chi connectivity index (χ2n) is 7.05.